The predicted molar refractivity (Wildman–Crippen MR) is 77.8 cm³/mol. The number of rotatable bonds is 3. The summed E-state index contributed by atoms with van der Waals surface area (Å²) < 4.78 is 0. The third-order valence-corrected chi connectivity index (χ3v) is 4.18. The molecule has 1 aliphatic heterocycles. The highest BCUT2D eigenvalue weighted by molar-refractivity contribution is 9.09. The van der Waals surface area contributed by atoms with Crippen LogP contribution in [-0.2, 0) is 17.8 Å². The number of amides is 1. The van der Waals surface area contributed by atoms with Crippen LogP contribution < -0.4 is 0 Å². The van der Waals surface area contributed by atoms with Crippen molar-refractivity contribution in [2.45, 2.75) is 45.2 Å². The molecular formula is C15H20BrNO. The average Bonchev–Trinajstić information content (AvgIpc) is 2.58. The van der Waals surface area contributed by atoms with Crippen LogP contribution in [0.1, 0.15) is 37.3 Å². The van der Waals surface area contributed by atoms with Crippen molar-refractivity contribution in [2.75, 3.05) is 5.33 Å². The Labute approximate surface area is 117 Å². The Kier molecular flexibility index (Phi) is 4.81. The van der Waals surface area contributed by atoms with Gasteiger partial charge in [-0.05, 0) is 30.4 Å². The van der Waals surface area contributed by atoms with Crippen molar-refractivity contribution in [3.63, 3.8) is 0 Å². The van der Waals surface area contributed by atoms with Gasteiger partial charge in [0.15, 0.2) is 0 Å². The molecule has 0 radical (unpaired) electrons. The van der Waals surface area contributed by atoms with Crippen LogP contribution in [0.25, 0.3) is 0 Å². The Morgan fingerprint density at radius 2 is 2.11 bits per heavy atom. The van der Waals surface area contributed by atoms with E-state index in [0.29, 0.717) is 11.4 Å². The van der Waals surface area contributed by atoms with Gasteiger partial charge in [0.1, 0.15) is 0 Å². The lowest BCUT2D eigenvalue weighted by molar-refractivity contribution is -0.131. The van der Waals surface area contributed by atoms with Crippen molar-refractivity contribution in [3.8, 4) is 0 Å². The zero-order valence-corrected chi connectivity index (χ0v) is 12.4. The summed E-state index contributed by atoms with van der Waals surface area (Å²) in [6.07, 6.45) is 4.41. The van der Waals surface area contributed by atoms with Gasteiger partial charge in [0.25, 0.3) is 0 Å². The van der Waals surface area contributed by atoms with Gasteiger partial charge >= 0.3 is 0 Å². The molecule has 0 N–H and O–H groups in total. The maximum Gasteiger partial charge on any atom is 0.233 e. The van der Waals surface area contributed by atoms with Gasteiger partial charge in [-0.3, -0.25) is 4.79 Å². The van der Waals surface area contributed by atoms with Crippen LogP contribution in [0.2, 0.25) is 0 Å². The van der Waals surface area contributed by atoms with Crippen LogP contribution in [-0.4, -0.2) is 22.2 Å². The molecule has 18 heavy (non-hydrogen) atoms. The highest BCUT2D eigenvalue weighted by Gasteiger charge is 2.26. The molecule has 1 unspecified atom stereocenters. The van der Waals surface area contributed by atoms with Gasteiger partial charge in [0, 0.05) is 12.6 Å². The topological polar surface area (TPSA) is 20.3 Å². The molecule has 0 saturated carbocycles. The summed E-state index contributed by atoms with van der Waals surface area (Å²) in [5, 5.41) is 0.426. The van der Waals surface area contributed by atoms with Gasteiger partial charge in [0.05, 0.1) is 5.33 Å². The first-order chi connectivity index (χ1) is 8.76. The predicted octanol–water partition coefficient (Wildman–Crippen LogP) is 3.53. The second-order valence-corrected chi connectivity index (χ2v) is 5.47. The molecule has 3 heteroatoms. The molecule has 0 spiro atoms. The normalized spacial score (nSPS) is 19.2. The van der Waals surface area contributed by atoms with Gasteiger partial charge in [-0.2, -0.15) is 0 Å². The Morgan fingerprint density at radius 3 is 2.78 bits per heavy atom. The van der Waals surface area contributed by atoms with Crippen molar-refractivity contribution in [1.82, 2.24) is 4.90 Å². The number of hydrogen-bond donors (Lipinski definition) is 0. The van der Waals surface area contributed by atoms with Crippen LogP contribution >= 0.6 is 15.9 Å². The zero-order chi connectivity index (χ0) is 13.0. The molecule has 1 heterocycles. The number of fused-ring (bicyclic) bond motifs is 1. The largest absolute Gasteiger partial charge is 0.335 e. The first kappa shape index (κ1) is 13.6. The summed E-state index contributed by atoms with van der Waals surface area (Å²) in [4.78, 5) is 14.2. The van der Waals surface area contributed by atoms with E-state index in [1.54, 1.807) is 0 Å². The molecule has 1 atom stereocenters. The van der Waals surface area contributed by atoms with Gasteiger partial charge in [-0.25, -0.2) is 0 Å². The summed E-state index contributed by atoms with van der Waals surface area (Å²) in [7, 11) is 0. The highest BCUT2D eigenvalue weighted by atomic mass is 79.9. The minimum atomic E-state index is 0.213. The molecule has 0 bridgehead atoms. The van der Waals surface area contributed by atoms with E-state index in [2.05, 4.69) is 52.0 Å². The van der Waals surface area contributed by atoms with Gasteiger partial charge in [-0.1, -0.05) is 53.5 Å². The monoisotopic (exact) mass is 309 g/mol. The lowest BCUT2D eigenvalue weighted by atomic mass is 10.0. The molecule has 2 rings (SSSR count). The van der Waals surface area contributed by atoms with Crippen LogP contribution in [0.15, 0.2) is 24.3 Å². The summed E-state index contributed by atoms with van der Waals surface area (Å²) in [6.45, 7) is 2.96. The molecule has 0 aliphatic carbocycles. The summed E-state index contributed by atoms with van der Waals surface area (Å²) >= 11 is 3.30. The van der Waals surface area contributed by atoms with Crippen molar-refractivity contribution in [3.05, 3.63) is 35.4 Å². The van der Waals surface area contributed by atoms with E-state index in [4.69, 9.17) is 0 Å². The number of carbonyl (C=O) groups excluding carboxylic acids is 1. The number of aryl methyl sites for hydroxylation is 1. The van der Waals surface area contributed by atoms with Crippen molar-refractivity contribution < 1.29 is 4.79 Å². The number of nitrogens with zero attached hydrogens (tertiary/aromatic N) is 1. The van der Waals surface area contributed by atoms with Crippen LogP contribution in [0, 0.1) is 0 Å². The van der Waals surface area contributed by atoms with E-state index < -0.39 is 0 Å². The molecular weight excluding hydrogens is 290 g/mol. The summed E-state index contributed by atoms with van der Waals surface area (Å²) in [5.41, 5.74) is 2.72. The van der Waals surface area contributed by atoms with Gasteiger partial charge in [0.2, 0.25) is 5.91 Å². The van der Waals surface area contributed by atoms with Gasteiger partial charge < -0.3 is 4.90 Å². The zero-order valence-electron chi connectivity index (χ0n) is 10.9. The summed E-state index contributed by atoms with van der Waals surface area (Å²) in [5.74, 6) is 0.213. The van der Waals surface area contributed by atoms with Crippen molar-refractivity contribution in [2.24, 2.45) is 0 Å². The SMILES string of the molecule is CCCC1CCc2ccccc2CN1C(=O)CBr. The molecule has 0 aromatic heterocycles. The average molecular weight is 310 g/mol. The minimum Gasteiger partial charge on any atom is -0.335 e. The van der Waals surface area contributed by atoms with E-state index in [9.17, 15) is 4.79 Å². The Balaban J connectivity index is 2.25. The molecule has 98 valence electrons. The standard InChI is InChI=1S/C15H20BrNO/c1-2-5-14-9-8-12-6-3-4-7-13(12)11-17(14)15(18)10-16/h3-4,6-7,14H,2,5,8-11H2,1H3. The Hall–Kier alpha value is -0.830. The number of alkyl halides is 1. The minimum absolute atomic E-state index is 0.213. The van der Waals surface area contributed by atoms with Crippen LogP contribution in [0.5, 0.6) is 0 Å². The van der Waals surface area contributed by atoms with E-state index >= 15 is 0 Å². The molecule has 0 saturated heterocycles. The second-order valence-electron chi connectivity index (χ2n) is 4.91. The smallest absolute Gasteiger partial charge is 0.233 e. The van der Waals surface area contributed by atoms with E-state index in [1.807, 2.05) is 0 Å². The maximum absolute atomic E-state index is 12.1. The van der Waals surface area contributed by atoms with Crippen LogP contribution in [0.4, 0.5) is 0 Å². The fourth-order valence-corrected chi connectivity index (χ4v) is 3.07. The molecule has 1 aromatic carbocycles. The third-order valence-electron chi connectivity index (χ3n) is 3.70. The van der Waals surface area contributed by atoms with Gasteiger partial charge in [-0.15, -0.1) is 0 Å². The number of benzene rings is 1. The fourth-order valence-electron chi connectivity index (χ4n) is 2.75. The molecule has 1 aliphatic rings. The van der Waals surface area contributed by atoms with E-state index in [-0.39, 0.29) is 5.91 Å². The second kappa shape index (κ2) is 6.37. The fraction of sp³-hybridized carbons (Fsp3) is 0.533. The number of halogens is 1. The van der Waals surface area contributed by atoms with E-state index in [1.165, 1.54) is 11.1 Å². The lowest BCUT2D eigenvalue weighted by Gasteiger charge is -2.29. The third kappa shape index (κ3) is 2.94. The van der Waals surface area contributed by atoms with Crippen molar-refractivity contribution in [1.29, 1.82) is 0 Å². The first-order valence-corrected chi connectivity index (χ1v) is 7.80. The summed E-state index contributed by atoms with van der Waals surface area (Å²) in [6, 6.07) is 8.90. The molecule has 1 amide bonds. The quantitative estimate of drug-likeness (QED) is 0.782. The van der Waals surface area contributed by atoms with Crippen LogP contribution in [0.3, 0.4) is 0 Å². The maximum atomic E-state index is 12.1. The molecule has 1 aromatic rings. The Morgan fingerprint density at radius 1 is 1.39 bits per heavy atom. The highest BCUT2D eigenvalue weighted by Crippen LogP contribution is 2.25. The molecule has 0 fully saturated rings. The molecule has 2 nitrogen and oxygen atoms in total. The number of hydrogen-bond acceptors (Lipinski definition) is 1. The van der Waals surface area contributed by atoms with E-state index in [0.717, 1.165) is 32.2 Å². The first-order valence-electron chi connectivity index (χ1n) is 6.68. The lowest BCUT2D eigenvalue weighted by Crippen LogP contribution is -2.39. The number of carbonyl (C=O) groups is 1. The van der Waals surface area contributed by atoms with Crippen molar-refractivity contribution >= 4 is 21.8 Å². The Bertz CT molecular complexity index is 419.